The predicted octanol–water partition coefficient (Wildman–Crippen LogP) is 24.5. The first-order chi connectivity index (χ1) is 50.5. The van der Waals surface area contributed by atoms with Gasteiger partial charge in [-0.05, 0) is 138 Å². The molecule has 0 atom stereocenters. The molecule has 2 saturated carbocycles. The molecule has 4 aliphatic rings. The molecule has 2 spiro atoms. The van der Waals surface area contributed by atoms with Gasteiger partial charge in [0.15, 0.2) is 34.9 Å². The van der Waals surface area contributed by atoms with Crippen LogP contribution in [0.4, 0.5) is 0 Å². The minimum atomic E-state index is 0.0995. The molecule has 0 unspecified atom stereocenters. The zero-order valence-corrected chi connectivity index (χ0v) is 56.9. The van der Waals surface area contributed by atoms with Gasteiger partial charge in [-0.25, -0.2) is 29.9 Å². The molecule has 0 N–H and O–H groups in total. The number of rotatable bonds is 11. The van der Waals surface area contributed by atoms with Crippen LogP contribution in [0, 0.1) is 0 Å². The minimum absolute atomic E-state index is 0.0995. The van der Waals surface area contributed by atoms with Crippen LogP contribution in [0.15, 0.2) is 328 Å². The lowest BCUT2D eigenvalue weighted by Gasteiger charge is -2.37. The third-order valence-corrected chi connectivity index (χ3v) is 21.9. The van der Waals surface area contributed by atoms with Gasteiger partial charge in [0.1, 0.15) is 0 Å². The van der Waals surface area contributed by atoms with Crippen LogP contribution in [-0.4, -0.2) is 29.9 Å². The summed E-state index contributed by atoms with van der Waals surface area (Å²) in [6.07, 6.45) is 12.7. The van der Waals surface area contributed by atoms with Crippen molar-refractivity contribution in [3.05, 3.63) is 350 Å². The Balaban J connectivity index is 0.000000147. The second kappa shape index (κ2) is 26.9. The molecule has 0 saturated heterocycles. The molecule has 19 rings (SSSR count). The van der Waals surface area contributed by atoms with Gasteiger partial charge < -0.3 is 0 Å². The van der Waals surface area contributed by atoms with Crippen molar-refractivity contribution in [2.24, 2.45) is 0 Å². The molecule has 6 nitrogen and oxygen atoms in total. The quantitative estimate of drug-likeness (QED) is 0.128. The SMILES string of the molecule is c1ccc(-c2nc(-c3ccccc3)nc(-c3ccc(-c4ccc(-c5ccc(-c6cccc7c6C6(CCCCC6)c6ccccc6-7)cc5)cc4)cc3)n2)cc1.c1ccc(-c2nc(-c3ccccc3)nc(-c3cccc(-c4cccc(-c5cccc6c5C5(CCCCC5)c5ccccc5-6)c4)c3)n2)cc1. The first-order valence-electron chi connectivity index (χ1n) is 36.2. The second-order valence-electron chi connectivity index (χ2n) is 27.8. The van der Waals surface area contributed by atoms with Gasteiger partial charge >= 0.3 is 0 Å². The topological polar surface area (TPSA) is 77.3 Å². The summed E-state index contributed by atoms with van der Waals surface area (Å²) in [5.41, 5.74) is 30.3. The number of hydrogen-bond donors (Lipinski definition) is 0. The first-order valence-corrected chi connectivity index (χ1v) is 36.2. The van der Waals surface area contributed by atoms with Crippen LogP contribution in [0.5, 0.6) is 0 Å². The molecule has 2 fully saturated rings. The van der Waals surface area contributed by atoms with Crippen LogP contribution in [0.2, 0.25) is 0 Å². The van der Waals surface area contributed by atoms with Gasteiger partial charge in [0.2, 0.25) is 0 Å². The summed E-state index contributed by atoms with van der Waals surface area (Å²) in [4.78, 5) is 29.5. The Labute approximate surface area is 597 Å². The van der Waals surface area contributed by atoms with Crippen molar-refractivity contribution >= 4 is 0 Å². The number of benzene rings is 13. The Morgan fingerprint density at radius 1 is 0.167 bits per heavy atom. The summed E-state index contributed by atoms with van der Waals surface area (Å²) in [7, 11) is 0. The summed E-state index contributed by atoms with van der Waals surface area (Å²) >= 11 is 0. The van der Waals surface area contributed by atoms with E-state index in [2.05, 4.69) is 206 Å². The Morgan fingerprint density at radius 2 is 0.412 bits per heavy atom. The van der Waals surface area contributed by atoms with E-state index in [0.717, 1.165) is 44.5 Å². The lowest BCUT2D eigenvalue weighted by Crippen LogP contribution is -2.28. The molecule has 2 heterocycles. The Morgan fingerprint density at radius 3 is 0.794 bits per heavy atom. The third-order valence-electron chi connectivity index (χ3n) is 21.9. The highest BCUT2D eigenvalue weighted by Crippen LogP contribution is 2.60. The summed E-state index contributed by atoms with van der Waals surface area (Å²) < 4.78 is 0. The van der Waals surface area contributed by atoms with Gasteiger partial charge in [-0.15, -0.1) is 0 Å². The average Bonchev–Trinajstić information content (AvgIpc) is 1.56. The van der Waals surface area contributed by atoms with Crippen molar-refractivity contribution in [2.75, 3.05) is 0 Å². The fourth-order valence-corrected chi connectivity index (χ4v) is 17.0. The van der Waals surface area contributed by atoms with E-state index >= 15 is 0 Å². The zero-order valence-electron chi connectivity index (χ0n) is 56.9. The maximum Gasteiger partial charge on any atom is 0.164 e. The molecule has 488 valence electrons. The van der Waals surface area contributed by atoms with Gasteiger partial charge in [-0.3, -0.25) is 0 Å². The lowest BCUT2D eigenvalue weighted by atomic mass is 9.66. The molecule has 0 radical (unpaired) electrons. The molecule has 0 aliphatic heterocycles. The van der Waals surface area contributed by atoms with E-state index in [1.807, 2.05) is 121 Å². The van der Waals surface area contributed by atoms with Crippen molar-refractivity contribution in [1.82, 2.24) is 29.9 Å². The zero-order chi connectivity index (χ0) is 67.8. The number of hydrogen-bond acceptors (Lipinski definition) is 6. The van der Waals surface area contributed by atoms with E-state index in [1.165, 1.54) is 142 Å². The van der Waals surface area contributed by atoms with Gasteiger partial charge in [0.05, 0.1) is 0 Å². The molecular formula is C96H74N6. The maximum atomic E-state index is 4.98. The monoisotopic (exact) mass is 1310 g/mol. The molecule has 6 heteroatoms. The Bertz CT molecular complexity index is 5430. The fourth-order valence-electron chi connectivity index (χ4n) is 17.0. The highest BCUT2D eigenvalue weighted by atomic mass is 15.0. The van der Waals surface area contributed by atoms with E-state index in [1.54, 1.807) is 11.1 Å². The van der Waals surface area contributed by atoms with Gasteiger partial charge in [-0.1, -0.05) is 354 Å². The lowest BCUT2D eigenvalue weighted by molar-refractivity contribution is 0.353. The highest BCUT2D eigenvalue weighted by molar-refractivity contribution is 5.91. The summed E-state index contributed by atoms with van der Waals surface area (Å²) in [5, 5.41) is 0. The maximum absolute atomic E-state index is 4.98. The van der Waals surface area contributed by atoms with Gasteiger partial charge in [0.25, 0.3) is 0 Å². The molecule has 13 aromatic carbocycles. The number of nitrogens with zero attached hydrogens (tertiary/aromatic N) is 6. The van der Waals surface area contributed by atoms with E-state index in [9.17, 15) is 0 Å². The molecule has 15 aromatic rings. The standard InChI is InChI=1S/C51H39N3.C45H35N3/c1-4-13-40(14-5-1)48-52-49(41-15-6-2-7-16-41)54-50(53-48)42-31-27-38(28-32-42)36-23-21-35(22-24-36)37-25-29-39(30-26-37)43-18-12-19-45-44-17-8-9-20-46(44)51(47(43)45)33-10-3-11-34-51;1-4-15-31(16-5-1)42-46-43(32-17-6-2-7-18-32)48-44(47-42)36-22-13-20-34(30-36)33-19-12-21-35(29-33)37-24-14-25-39-38-23-8-9-26-40(38)45(41(37)39)27-10-3-11-28-45/h1-2,4-9,12-32H,3,10-11,33-34H2;1-2,4-9,12-26,29-30H,3,10-11,27-28H2. The summed E-state index contributed by atoms with van der Waals surface area (Å²) in [6.45, 7) is 0. The van der Waals surface area contributed by atoms with Crippen molar-refractivity contribution in [2.45, 2.75) is 75.0 Å². The van der Waals surface area contributed by atoms with Gasteiger partial charge in [0, 0.05) is 44.2 Å². The smallest absolute Gasteiger partial charge is 0.164 e. The van der Waals surface area contributed by atoms with Crippen LogP contribution in [-0.2, 0) is 10.8 Å². The second-order valence-corrected chi connectivity index (χ2v) is 27.8. The van der Waals surface area contributed by atoms with E-state index in [-0.39, 0.29) is 10.8 Å². The van der Waals surface area contributed by atoms with Crippen LogP contribution < -0.4 is 0 Å². The van der Waals surface area contributed by atoms with Gasteiger partial charge in [-0.2, -0.15) is 0 Å². The summed E-state index contributed by atoms with van der Waals surface area (Å²) in [6, 6.07) is 117. The molecule has 0 bridgehead atoms. The van der Waals surface area contributed by atoms with E-state index in [0.29, 0.717) is 34.9 Å². The van der Waals surface area contributed by atoms with Crippen molar-refractivity contribution in [3.8, 4) is 146 Å². The minimum Gasteiger partial charge on any atom is -0.208 e. The molecule has 0 amide bonds. The molecule has 4 aliphatic carbocycles. The van der Waals surface area contributed by atoms with Crippen LogP contribution in [0.25, 0.3) is 146 Å². The normalized spacial score (nSPS) is 14.2. The van der Waals surface area contributed by atoms with Crippen LogP contribution in [0.1, 0.15) is 86.5 Å². The van der Waals surface area contributed by atoms with E-state index < -0.39 is 0 Å². The van der Waals surface area contributed by atoms with Crippen molar-refractivity contribution < 1.29 is 0 Å². The van der Waals surface area contributed by atoms with E-state index in [4.69, 9.17) is 29.9 Å². The predicted molar refractivity (Wildman–Crippen MR) is 418 cm³/mol. The molecule has 102 heavy (non-hydrogen) atoms. The molecular weight excluding hydrogens is 1240 g/mol. The largest absolute Gasteiger partial charge is 0.208 e. The Kier molecular flexibility index (Phi) is 16.4. The van der Waals surface area contributed by atoms with Crippen molar-refractivity contribution in [3.63, 3.8) is 0 Å². The summed E-state index contributed by atoms with van der Waals surface area (Å²) in [5.74, 6) is 3.99. The first kappa shape index (κ1) is 62.2. The highest BCUT2D eigenvalue weighted by Gasteiger charge is 2.46. The third kappa shape index (κ3) is 11.5. The average molecular weight is 1310 g/mol. The van der Waals surface area contributed by atoms with Crippen molar-refractivity contribution in [1.29, 1.82) is 0 Å². The Hall–Kier alpha value is -12.1. The number of fused-ring (bicyclic) bond motifs is 10. The molecule has 2 aromatic heterocycles. The fraction of sp³-hybridized carbons (Fsp3) is 0.125. The van der Waals surface area contributed by atoms with Crippen LogP contribution in [0.3, 0.4) is 0 Å². The number of aromatic nitrogens is 6. The van der Waals surface area contributed by atoms with Crippen LogP contribution >= 0.6 is 0 Å².